The van der Waals surface area contributed by atoms with Crippen LogP contribution in [-0.2, 0) is 80.1 Å². The van der Waals surface area contributed by atoms with Gasteiger partial charge in [-0.25, -0.2) is 0 Å². The van der Waals surface area contributed by atoms with Crippen LogP contribution < -0.4 is 58.5 Å². The number of anilines is 1. The van der Waals surface area contributed by atoms with Crippen LogP contribution in [0.4, 0.5) is 5.69 Å². The smallest absolute Gasteiger partial charge is 0.253 e. The van der Waals surface area contributed by atoms with Gasteiger partial charge in [-0.15, -0.1) is 11.8 Å². The first-order valence-electron chi connectivity index (χ1n) is 30.5. The lowest BCUT2D eigenvalue weighted by atomic mass is 9.92. The highest BCUT2D eigenvalue weighted by atomic mass is 32.2. The quantitative estimate of drug-likeness (QED) is 0.0403. The number of fused-ring (bicyclic) bond motifs is 5. The third-order valence-corrected chi connectivity index (χ3v) is 17.7. The summed E-state index contributed by atoms with van der Waals surface area (Å²) in [6.45, 7) is 6.14. The van der Waals surface area contributed by atoms with Crippen LogP contribution in [0.3, 0.4) is 0 Å². The number of imide groups is 1. The third-order valence-electron chi connectivity index (χ3n) is 16.6. The maximum Gasteiger partial charge on any atom is 0.253 e. The number of hydrogen-bond acceptors (Lipinski definition) is 19. The molecule has 4 aliphatic rings. The first-order valence-corrected chi connectivity index (χ1v) is 31.4. The molecule has 31 nitrogen and oxygen atoms in total. The van der Waals surface area contributed by atoms with Gasteiger partial charge in [0.2, 0.25) is 65.0 Å². The fourth-order valence-electron chi connectivity index (χ4n) is 10.9. The molecule has 93 heavy (non-hydrogen) atoms. The van der Waals surface area contributed by atoms with Crippen molar-refractivity contribution in [2.45, 2.75) is 145 Å². The number of nitrogens with one attached hydrogen (secondary N) is 12. The number of aldehydes is 1. The van der Waals surface area contributed by atoms with E-state index in [0.29, 0.717) is 33.5 Å². The fourth-order valence-corrected chi connectivity index (χ4v) is 12.0. The summed E-state index contributed by atoms with van der Waals surface area (Å²) in [7, 11) is 0. The minimum absolute atomic E-state index is 0.200. The Morgan fingerprint density at radius 3 is 2.10 bits per heavy atom. The molecule has 0 radical (unpaired) electrons. The van der Waals surface area contributed by atoms with Gasteiger partial charge in [0, 0.05) is 79.3 Å². The van der Waals surface area contributed by atoms with E-state index in [4.69, 9.17) is 0 Å². The van der Waals surface area contributed by atoms with Crippen molar-refractivity contribution in [3.05, 3.63) is 71.8 Å². The molecule has 32 heteroatoms. The number of aliphatic hydroxyl groups is 3. The minimum atomic E-state index is -2.37. The number of H-pyrrole nitrogens is 1. The Morgan fingerprint density at radius 1 is 0.774 bits per heavy atom. The Labute approximate surface area is 538 Å². The molecule has 15 N–H and O–H groups in total. The van der Waals surface area contributed by atoms with Crippen LogP contribution in [-0.4, -0.2) is 212 Å². The fraction of sp³-hybridized carbons (Fsp3) is 0.508. The number of carbonyl (C=O) groups is 14. The van der Waals surface area contributed by atoms with Gasteiger partial charge < -0.3 is 78.4 Å². The number of amides is 13. The molecule has 1 fully saturated rings. The Kier molecular flexibility index (Phi) is 24.5. The lowest BCUT2D eigenvalue weighted by Crippen LogP contribution is -2.69. The van der Waals surface area contributed by atoms with Gasteiger partial charge in [-0.3, -0.25) is 77.3 Å². The molecule has 0 aliphatic carbocycles. The van der Waals surface area contributed by atoms with Crippen molar-refractivity contribution in [3.8, 4) is 0 Å². The molecule has 2 aromatic carbocycles. The predicted molar refractivity (Wildman–Crippen MR) is 333 cm³/mol. The van der Waals surface area contributed by atoms with Crippen LogP contribution >= 0.6 is 11.8 Å². The molecule has 502 valence electrons. The number of hydrogen-bond donors (Lipinski definition) is 15. The molecule has 2 bridgehead atoms. The lowest BCUT2D eigenvalue weighted by Gasteiger charge is -2.41. The lowest BCUT2D eigenvalue weighted by molar-refractivity contribution is -0.147. The second-order valence-corrected chi connectivity index (χ2v) is 24.8. The Morgan fingerprint density at radius 2 is 1.44 bits per heavy atom. The van der Waals surface area contributed by atoms with Gasteiger partial charge in [0.05, 0.1) is 49.4 Å². The normalized spacial score (nSPS) is 24.4. The largest absolute Gasteiger partial charge is 0.394 e. The third kappa shape index (κ3) is 18.1. The highest BCUT2D eigenvalue weighted by Gasteiger charge is 2.53. The summed E-state index contributed by atoms with van der Waals surface area (Å²) in [6, 6.07) is 2.62. The minimum Gasteiger partial charge on any atom is -0.394 e. The Balaban J connectivity index is 1.16. The number of aromatic nitrogens is 1. The van der Waals surface area contributed by atoms with Crippen LogP contribution in [0.25, 0.3) is 10.9 Å². The van der Waals surface area contributed by atoms with E-state index in [9.17, 15) is 77.6 Å². The summed E-state index contributed by atoms with van der Waals surface area (Å²) in [5.41, 5.74) is -0.700. The van der Waals surface area contributed by atoms with Gasteiger partial charge in [-0.1, -0.05) is 71.4 Å². The summed E-state index contributed by atoms with van der Waals surface area (Å²) in [5, 5.41) is 62.4. The molecule has 7 rings (SSSR count). The molecule has 2 unspecified atom stereocenters. The maximum atomic E-state index is 15.3. The van der Waals surface area contributed by atoms with Crippen LogP contribution in [0, 0.1) is 17.8 Å². The van der Waals surface area contributed by atoms with Crippen molar-refractivity contribution in [2.24, 2.45) is 17.8 Å². The monoisotopic (exact) mass is 1310 g/mol. The zero-order chi connectivity index (χ0) is 68.0. The average Bonchev–Trinajstić information content (AvgIpc) is 1.35. The predicted octanol–water partition coefficient (Wildman–Crippen LogP) is -3.91. The number of aliphatic hydroxyl groups excluding tert-OH is 3. The molecule has 13 amide bonds. The molecule has 3 aromatic rings. The van der Waals surface area contributed by atoms with Crippen molar-refractivity contribution >= 4 is 111 Å². The van der Waals surface area contributed by atoms with Crippen molar-refractivity contribution < 1.29 is 82.4 Å². The molecule has 5 heterocycles. The number of rotatable bonds is 19. The van der Waals surface area contributed by atoms with E-state index in [1.807, 2.05) is 0 Å². The van der Waals surface area contributed by atoms with Crippen LogP contribution in [0.1, 0.15) is 78.4 Å². The SMILES string of the molecule is CC[C@H](C)[C@@H]1NC(=O)CNC(=O)[C@@H]2Cc3c([nH]c4ccccc34)SC[C@@H](NC(=O)CNC1=O)C(=O)N[C@@H](CC(=O)NCc1ccc(NC(=O)[C@H](C)NC(=O)C(NC(=O)CCN3C(=O)C=CC3=O)C(C)C)cc1)C(=O)N1C[C@H](O)CC1(C=O)N[C@@H]([C@@H](C)[C@@H](O)CO)C(=O)N2. The first kappa shape index (κ1) is 71.3. The van der Waals surface area contributed by atoms with Gasteiger partial charge in [0.1, 0.15) is 36.3 Å². The van der Waals surface area contributed by atoms with Crippen molar-refractivity contribution in [1.82, 2.24) is 68.0 Å². The van der Waals surface area contributed by atoms with Gasteiger partial charge in [0.25, 0.3) is 11.8 Å². The molecular formula is C61H80N14O17S. The van der Waals surface area contributed by atoms with E-state index in [-0.39, 0.29) is 43.7 Å². The van der Waals surface area contributed by atoms with E-state index in [1.165, 1.54) is 38.1 Å². The van der Waals surface area contributed by atoms with Crippen LogP contribution in [0.2, 0.25) is 0 Å². The number of aromatic amines is 1. The summed E-state index contributed by atoms with van der Waals surface area (Å²) >= 11 is 0.987. The molecule has 1 saturated heterocycles. The molecule has 4 aliphatic heterocycles. The second-order valence-electron chi connectivity index (χ2n) is 23.8. The summed E-state index contributed by atoms with van der Waals surface area (Å²) in [4.78, 5) is 197. The number of thioether (sulfide) groups is 1. The van der Waals surface area contributed by atoms with E-state index in [2.05, 4.69) is 63.5 Å². The van der Waals surface area contributed by atoms with Crippen molar-refractivity contribution in [3.63, 3.8) is 0 Å². The Hall–Kier alpha value is -9.11. The van der Waals surface area contributed by atoms with E-state index in [1.54, 1.807) is 52.0 Å². The topological polar surface area (TPSA) is 454 Å². The first-order chi connectivity index (χ1) is 44.1. The van der Waals surface area contributed by atoms with Crippen molar-refractivity contribution in [1.29, 1.82) is 0 Å². The molecule has 0 saturated carbocycles. The van der Waals surface area contributed by atoms with Crippen molar-refractivity contribution in [2.75, 3.05) is 43.9 Å². The zero-order valence-electron chi connectivity index (χ0n) is 52.1. The zero-order valence-corrected chi connectivity index (χ0v) is 52.9. The molecule has 12 atom stereocenters. The summed E-state index contributed by atoms with van der Waals surface area (Å²) in [6.07, 6.45) is -2.48. The van der Waals surface area contributed by atoms with Crippen LogP contribution in [0.5, 0.6) is 0 Å². The van der Waals surface area contributed by atoms with Gasteiger partial charge in [0.15, 0.2) is 11.9 Å². The van der Waals surface area contributed by atoms with Gasteiger partial charge >= 0.3 is 0 Å². The molecule has 0 spiro atoms. The number of para-hydroxylation sites is 1. The van der Waals surface area contributed by atoms with Gasteiger partial charge in [-0.05, 0) is 48.1 Å². The molecule has 1 aromatic heterocycles. The highest BCUT2D eigenvalue weighted by molar-refractivity contribution is 7.99. The van der Waals surface area contributed by atoms with E-state index >= 15 is 4.79 Å². The number of carbonyl (C=O) groups excluding carboxylic acids is 14. The molecular weight excluding hydrogens is 1230 g/mol. The van der Waals surface area contributed by atoms with E-state index < -0.39 is 194 Å². The van der Waals surface area contributed by atoms with Gasteiger partial charge in [-0.2, -0.15) is 0 Å². The average molecular weight is 1310 g/mol. The number of benzene rings is 2. The Bertz CT molecular complexity index is 3380. The van der Waals surface area contributed by atoms with E-state index in [0.717, 1.165) is 33.7 Å². The van der Waals surface area contributed by atoms with Crippen LogP contribution in [0.15, 0.2) is 65.7 Å². The maximum absolute atomic E-state index is 15.3. The highest BCUT2D eigenvalue weighted by Crippen LogP contribution is 2.33. The second kappa shape index (κ2) is 32.0. The standard InChI is InChI=1S/C61H80N14O17S/c1-7-31(4)51-56(89)64-24-46(82)67-42-28-93-59-38(37-10-8-9-11-39(37)70-59)20-40(54(87)63-25-47(83)72-51)68-58(91)52(32(5)43(79)27-76)73-61(29-77)22-36(78)26-75(61)60(92)41(69-55(42)88)21-45(81)62-23-34-12-14-35(15-13-34)66-53(86)33(6)65-57(90)50(30(2)3)71-44(80)18-19-74-48(84)16-17-49(74)85/h8-17,29-33,36,40-43,50-52,70,73,76,78-79H,7,18-28H2,1-6H3,(H,62,81)(H,63,87)(H,64,89)(H,65,90)(H,66,86)(H,67,82)(H,68,91)(H,69,88)(H,71,80)(H,72,83)/t31-,32-,33-,36+,40-,41-,42+,43-,50?,51-,52-,61?/m0/s1. The number of nitrogens with zero attached hydrogens (tertiary/aromatic N) is 2. The summed E-state index contributed by atoms with van der Waals surface area (Å²) in [5.74, 6) is -13.2. The summed E-state index contributed by atoms with van der Waals surface area (Å²) < 4.78 is 0.